The monoisotopic (exact) mass is 274 g/mol. The molecule has 1 aliphatic heterocycles. The summed E-state index contributed by atoms with van der Waals surface area (Å²) < 4.78 is 4.66. The molecular weight excluding hydrogens is 256 g/mol. The molecule has 0 spiro atoms. The molecule has 0 bridgehead atoms. The van der Waals surface area contributed by atoms with Crippen molar-refractivity contribution in [3.05, 3.63) is 40.5 Å². The van der Waals surface area contributed by atoms with Crippen LogP contribution in [0, 0.1) is 6.92 Å². The second-order valence-electron chi connectivity index (χ2n) is 4.81. The summed E-state index contributed by atoms with van der Waals surface area (Å²) in [5.74, 6) is -0.486. The zero-order valence-corrected chi connectivity index (χ0v) is 11.9. The number of carbonyl (C=O) groups is 2. The van der Waals surface area contributed by atoms with Gasteiger partial charge in [-0.3, -0.25) is 4.79 Å². The normalized spacial score (nSPS) is 13.4. The highest BCUT2D eigenvalue weighted by atomic mass is 16.5. The van der Waals surface area contributed by atoms with Crippen LogP contribution < -0.4 is 10.6 Å². The number of rotatable bonds is 3. The van der Waals surface area contributed by atoms with Gasteiger partial charge in [-0.2, -0.15) is 0 Å². The van der Waals surface area contributed by atoms with Crippen LogP contribution in [0.3, 0.4) is 0 Å². The minimum atomic E-state index is -0.384. The first-order chi connectivity index (χ1) is 9.52. The molecule has 1 aliphatic rings. The number of methoxy groups -OCH3 is 1. The molecule has 20 heavy (non-hydrogen) atoms. The molecule has 0 aromatic heterocycles. The van der Waals surface area contributed by atoms with Gasteiger partial charge in [-0.05, 0) is 43.2 Å². The van der Waals surface area contributed by atoms with Crippen molar-refractivity contribution in [2.75, 3.05) is 25.5 Å². The number of carbonyl (C=O) groups excluding carboxylic acids is 2. The molecule has 1 aromatic rings. The van der Waals surface area contributed by atoms with Crippen molar-refractivity contribution in [1.29, 1.82) is 0 Å². The maximum Gasteiger partial charge on any atom is 0.337 e. The summed E-state index contributed by atoms with van der Waals surface area (Å²) in [6, 6.07) is 5.06. The lowest BCUT2D eigenvalue weighted by atomic mass is 10.0. The van der Waals surface area contributed by atoms with Crippen LogP contribution in [0.1, 0.15) is 22.8 Å². The van der Waals surface area contributed by atoms with Gasteiger partial charge in [0.1, 0.15) is 0 Å². The number of nitrogens with one attached hydrogen (secondary N) is 2. The van der Waals surface area contributed by atoms with Crippen molar-refractivity contribution in [3.8, 4) is 0 Å². The number of aryl methyl sites for hydroxylation is 1. The Bertz CT molecular complexity index is 585. The fourth-order valence-electron chi connectivity index (χ4n) is 1.94. The fraction of sp³-hybridized carbons (Fsp3) is 0.333. The summed E-state index contributed by atoms with van der Waals surface area (Å²) in [6.45, 7) is 5.22. The maximum absolute atomic E-state index is 12.1. The number of hydrogen-bond acceptors (Lipinski definition) is 4. The number of benzene rings is 1. The van der Waals surface area contributed by atoms with Gasteiger partial charge < -0.3 is 15.4 Å². The van der Waals surface area contributed by atoms with Crippen molar-refractivity contribution in [2.24, 2.45) is 0 Å². The number of anilines is 1. The van der Waals surface area contributed by atoms with Crippen LogP contribution in [0.4, 0.5) is 5.69 Å². The molecule has 0 radical (unpaired) electrons. The predicted molar refractivity (Wildman–Crippen MR) is 76.7 cm³/mol. The third-order valence-corrected chi connectivity index (χ3v) is 3.44. The van der Waals surface area contributed by atoms with E-state index in [2.05, 4.69) is 15.4 Å². The van der Waals surface area contributed by atoms with Crippen molar-refractivity contribution in [2.45, 2.75) is 13.8 Å². The summed E-state index contributed by atoms with van der Waals surface area (Å²) in [5, 5.41) is 5.98. The molecule has 106 valence electrons. The smallest absolute Gasteiger partial charge is 0.337 e. The van der Waals surface area contributed by atoms with Crippen LogP contribution in [0.2, 0.25) is 0 Å². The van der Waals surface area contributed by atoms with Crippen LogP contribution in [0.5, 0.6) is 0 Å². The van der Waals surface area contributed by atoms with Crippen molar-refractivity contribution in [1.82, 2.24) is 5.32 Å². The van der Waals surface area contributed by atoms with E-state index in [1.807, 2.05) is 13.8 Å². The first-order valence-corrected chi connectivity index (χ1v) is 6.42. The molecule has 1 aromatic carbocycles. The van der Waals surface area contributed by atoms with Crippen LogP contribution in [0.15, 0.2) is 29.3 Å². The van der Waals surface area contributed by atoms with Gasteiger partial charge in [0.2, 0.25) is 0 Å². The van der Waals surface area contributed by atoms with Crippen LogP contribution in [-0.2, 0) is 9.53 Å². The minimum absolute atomic E-state index is 0.101. The molecule has 1 amide bonds. The van der Waals surface area contributed by atoms with Crippen LogP contribution in [-0.4, -0.2) is 32.1 Å². The summed E-state index contributed by atoms with van der Waals surface area (Å²) in [7, 11) is 1.34. The van der Waals surface area contributed by atoms with Gasteiger partial charge >= 0.3 is 5.97 Å². The maximum atomic E-state index is 12.1. The Morgan fingerprint density at radius 3 is 2.50 bits per heavy atom. The van der Waals surface area contributed by atoms with Crippen LogP contribution >= 0.6 is 0 Å². The van der Waals surface area contributed by atoms with E-state index in [4.69, 9.17) is 0 Å². The lowest BCUT2D eigenvalue weighted by molar-refractivity contribution is -0.112. The lowest BCUT2D eigenvalue weighted by Crippen LogP contribution is -2.36. The Kier molecular flexibility index (Phi) is 4.20. The highest BCUT2D eigenvalue weighted by molar-refractivity contribution is 6.04. The second kappa shape index (κ2) is 5.88. The minimum Gasteiger partial charge on any atom is -0.465 e. The Morgan fingerprint density at radius 2 is 2.00 bits per heavy atom. The topological polar surface area (TPSA) is 67.4 Å². The third kappa shape index (κ3) is 2.88. The van der Waals surface area contributed by atoms with E-state index in [0.717, 1.165) is 29.8 Å². The standard InChI is InChI=1S/C15H18N2O3/c1-9-6-11(15(19)20-3)4-5-13(9)17-14(18)10(2)12-7-16-8-12/h4-6,16H,7-8H2,1-3H3,(H,17,18). The second-order valence-corrected chi connectivity index (χ2v) is 4.81. The molecule has 1 fully saturated rings. The van der Waals surface area contributed by atoms with E-state index in [0.29, 0.717) is 11.3 Å². The first-order valence-electron chi connectivity index (χ1n) is 6.42. The van der Waals surface area contributed by atoms with Crippen molar-refractivity contribution < 1.29 is 14.3 Å². The zero-order chi connectivity index (χ0) is 14.7. The average molecular weight is 274 g/mol. The summed E-state index contributed by atoms with van der Waals surface area (Å²) in [6.07, 6.45) is 0. The van der Waals surface area contributed by atoms with E-state index in [9.17, 15) is 9.59 Å². The Morgan fingerprint density at radius 1 is 1.30 bits per heavy atom. The van der Waals surface area contributed by atoms with Gasteiger partial charge in [0.15, 0.2) is 0 Å². The highest BCUT2D eigenvalue weighted by Crippen LogP contribution is 2.19. The van der Waals surface area contributed by atoms with E-state index in [1.165, 1.54) is 7.11 Å². The molecule has 0 saturated carbocycles. The average Bonchev–Trinajstić information content (AvgIpc) is 2.37. The Hall–Kier alpha value is -2.14. The predicted octanol–water partition coefficient (Wildman–Crippen LogP) is 1.64. The van der Waals surface area contributed by atoms with Crippen LogP contribution in [0.25, 0.3) is 0 Å². The lowest BCUT2D eigenvalue weighted by Gasteiger charge is -2.21. The molecular formula is C15H18N2O3. The molecule has 0 atom stereocenters. The Balaban J connectivity index is 2.14. The van der Waals surface area contributed by atoms with E-state index < -0.39 is 0 Å². The summed E-state index contributed by atoms with van der Waals surface area (Å²) in [4.78, 5) is 23.5. The molecule has 5 nitrogen and oxygen atoms in total. The van der Waals surface area contributed by atoms with Gasteiger partial charge in [0.25, 0.3) is 5.91 Å². The molecule has 0 aliphatic carbocycles. The van der Waals surface area contributed by atoms with Gasteiger partial charge in [-0.1, -0.05) is 0 Å². The summed E-state index contributed by atoms with van der Waals surface area (Å²) >= 11 is 0. The molecule has 5 heteroatoms. The molecule has 1 saturated heterocycles. The fourth-order valence-corrected chi connectivity index (χ4v) is 1.94. The number of esters is 1. The van der Waals surface area contributed by atoms with E-state index in [-0.39, 0.29) is 11.9 Å². The quantitative estimate of drug-likeness (QED) is 0.649. The van der Waals surface area contributed by atoms with Gasteiger partial charge in [-0.25, -0.2) is 4.79 Å². The third-order valence-electron chi connectivity index (χ3n) is 3.44. The van der Waals surface area contributed by atoms with Crippen molar-refractivity contribution in [3.63, 3.8) is 0 Å². The molecule has 2 rings (SSSR count). The van der Waals surface area contributed by atoms with Gasteiger partial charge in [0, 0.05) is 24.4 Å². The highest BCUT2D eigenvalue weighted by Gasteiger charge is 2.17. The molecule has 0 unspecified atom stereocenters. The van der Waals surface area contributed by atoms with E-state index >= 15 is 0 Å². The van der Waals surface area contributed by atoms with E-state index in [1.54, 1.807) is 18.2 Å². The number of hydrogen-bond donors (Lipinski definition) is 2. The Labute approximate surface area is 118 Å². The zero-order valence-electron chi connectivity index (χ0n) is 11.9. The number of ether oxygens (including phenoxy) is 1. The molecule has 1 heterocycles. The molecule has 2 N–H and O–H groups in total. The SMILES string of the molecule is COC(=O)c1ccc(NC(=O)C(C)=C2CNC2)c(C)c1. The largest absolute Gasteiger partial charge is 0.465 e. The first kappa shape index (κ1) is 14.3. The van der Waals surface area contributed by atoms with Crippen molar-refractivity contribution >= 4 is 17.6 Å². The summed E-state index contributed by atoms with van der Waals surface area (Å²) in [5.41, 5.74) is 3.88. The van der Waals surface area contributed by atoms with Gasteiger partial charge in [0.05, 0.1) is 12.7 Å². The number of amides is 1. The van der Waals surface area contributed by atoms with Gasteiger partial charge in [-0.15, -0.1) is 0 Å².